The van der Waals surface area contributed by atoms with E-state index in [4.69, 9.17) is 34.4 Å². The average Bonchev–Trinajstić information content (AvgIpc) is 1.70. The molecule has 17 amide bonds. The Bertz CT molecular complexity index is 5070. The Balaban J connectivity index is 1.20. The van der Waals surface area contributed by atoms with Crippen molar-refractivity contribution in [3.05, 3.63) is 102 Å². The third kappa shape index (κ3) is 28.9. The Morgan fingerprint density at radius 3 is 1.77 bits per heavy atom. The molecular weight excluding hydrogens is 1750 g/mol. The van der Waals surface area contributed by atoms with Gasteiger partial charge in [-0.1, -0.05) is 88.1 Å². The van der Waals surface area contributed by atoms with Crippen LogP contribution in [0.4, 0.5) is 0 Å². The van der Waals surface area contributed by atoms with Gasteiger partial charge in [-0.15, -0.1) is 11.8 Å². The first kappa shape index (κ1) is 105. The summed E-state index contributed by atoms with van der Waals surface area (Å²) in [6, 6.07) is -1.64. The van der Waals surface area contributed by atoms with Gasteiger partial charge in [0.05, 0.1) is 30.9 Å². The van der Waals surface area contributed by atoms with E-state index < -0.39 is 285 Å². The van der Waals surface area contributed by atoms with Crippen LogP contribution in [0.15, 0.2) is 85.2 Å². The fourth-order valence-corrected chi connectivity index (χ4v) is 17.3. The number of aliphatic hydroxyl groups is 1. The molecule has 3 aliphatic rings. The Morgan fingerprint density at radius 2 is 1.13 bits per heavy atom. The molecule has 45 heteroatoms. The van der Waals surface area contributed by atoms with Crippen molar-refractivity contribution >= 4 is 146 Å². The number of nitrogens with one attached hydrogen (secondary N) is 10. The van der Waals surface area contributed by atoms with Gasteiger partial charge in [0, 0.05) is 125 Å². The number of para-hydroxylation sites is 2. The van der Waals surface area contributed by atoms with Crippen molar-refractivity contribution in [2.24, 2.45) is 40.3 Å². The molecule has 0 unspecified atom stereocenters. The van der Waals surface area contributed by atoms with Gasteiger partial charge in [0.25, 0.3) is 0 Å². The molecule has 0 bridgehead atoms. The van der Waals surface area contributed by atoms with Crippen molar-refractivity contribution in [1.82, 2.24) is 81.9 Å². The molecule has 3 aromatic carbocycles. The van der Waals surface area contributed by atoms with E-state index in [-0.39, 0.29) is 63.8 Å². The van der Waals surface area contributed by atoms with Crippen LogP contribution in [0.5, 0.6) is 5.75 Å². The number of aliphatic hydroxyl groups excluding tert-OH is 1. The standard InChI is InChI=1S/C88H124N22O22S/c1-7-9-19-66-82(126)102-63(39-91)81(125)104-64(78(122)96-41-73(94)116)45-133-46-74(117)97-59(32-48-23-25-52(111)26-24-48)84(128)105(4)47(3)76(120)100-61(37-72(93)115)87(131)109-31-15-22-67(109)83(127)103-62(38-90)80(124)99-58(27-28-71(92)114)86(130)110-43-53(112)36-69(110)70(113)35-49(33-50-40-95-56-18-13-11-16-54(50)56)77(121)98-57(29-30-89)79(123)101-60(85(129)107(6)68(20-10-8-2)88(132)106(66)5)34-51-42-108(44-75(118)119)65-21-14-12-17-55(51)65/h11-14,16-18,21,23-26,40,42,47,49,53,57-64,66-69,95,111-112H,7-10,15,19-20,22,27-39,41,43-46,89-91H2,1-6H3,(H2,92,114)(H2,93,115)(H2,94,116)(H,96,122)(H,97,117)(H,98,121)(H,99,124)(H,100,120)(H,101,123)(H,102,126)(H,103,127)(H,104,125)(H,118,119)/t47-,49+,53+,57-,58-,59-,60-,61-,62-,63-,64-,66-,67-,68-,69-/m0/s1. The van der Waals surface area contributed by atoms with Gasteiger partial charge in [-0.3, -0.25) is 91.1 Å². The number of carboxylic acids is 1. The highest BCUT2D eigenvalue weighted by atomic mass is 32.2. The van der Waals surface area contributed by atoms with Gasteiger partial charge in [-0.2, -0.15) is 0 Å². The Hall–Kier alpha value is -13.1. The molecule has 2 aromatic heterocycles. The van der Waals surface area contributed by atoms with Crippen LogP contribution in [0.3, 0.4) is 0 Å². The van der Waals surface area contributed by atoms with E-state index in [1.165, 1.54) is 63.1 Å². The lowest BCUT2D eigenvalue weighted by Gasteiger charge is -2.36. The van der Waals surface area contributed by atoms with Crippen LogP contribution < -0.4 is 82.3 Å². The zero-order valence-electron chi connectivity index (χ0n) is 75.3. The summed E-state index contributed by atoms with van der Waals surface area (Å²) < 4.78 is 1.42. The van der Waals surface area contributed by atoms with E-state index >= 15 is 28.8 Å². The van der Waals surface area contributed by atoms with Crippen LogP contribution in [-0.2, 0) is 117 Å². The van der Waals surface area contributed by atoms with Crippen LogP contribution in [-0.4, -0.2) is 318 Å². The molecule has 3 aliphatic heterocycles. The van der Waals surface area contributed by atoms with Gasteiger partial charge in [-0.25, -0.2) is 0 Å². The smallest absolute Gasteiger partial charge is 0.323 e. The summed E-state index contributed by atoms with van der Waals surface area (Å²) in [5.74, 6) is -21.3. The topological polar surface area (TPSA) is 686 Å². The number of H-pyrrole nitrogens is 1. The number of aromatic nitrogens is 2. The maximum Gasteiger partial charge on any atom is 0.323 e. The first-order chi connectivity index (χ1) is 63.2. The van der Waals surface area contributed by atoms with Gasteiger partial charge in [0.2, 0.25) is 100 Å². The van der Waals surface area contributed by atoms with E-state index in [2.05, 4.69) is 52.8 Å². The number of unbranched alkanes of at least 4 members (excludes halogenated alkanes) is 2. The lowest BCUT2D eigenvalue weighted by atomic mass is 9.90. The molecule has 5 heterocycles. The number of hydrogen-bond donors (Lipinski definition) is 19. The molecule has 3 fully saturated rings. The molecule has 0 saturated carbocycles. The van der Waals surface area contributed by atoms with Crippen molar-refractivity contribution in [2.75, 3.05) is 71.9 Å². The number of Topliss-reactive ketones (excluding diaryl/α,β-unsaturated/α-hetero) is 1. The number of aromatic hydroxyl groups is 1. The Kier molecular flexibility index (Phi) is 39.5. The van der Waals surface area contributed by atoms with Crippen molar-refractivity contribution in [3.8, 4) is 5.75 Å². The average molecular weight is 1870 g/mol. The number of carbonyl (C=O) groups excluding carboxylic acids is 18. The maximum absolute atomic E-state index is 15.9. The second-order valence-electron chi connectivity index (χ2n) is 33.6. The number of phenolic OH excluding ortho intramolecular Hbond substituents is 1. The van der Waals surface area contributed by atoms with Crippen molar-refractivity contribution < 1.29 is 106 Å². The number of benzene rings is 3. The number of rotatable bonds is 26. The fraction of sp³-hybridized carbons (Fsp3) is 0.534. The van der Waals surface area contributed by atoms with Crippen LogP contribution in [0, 0.1) is 5.92 Å². The summed E-state index contributed by atoms with van der Waals surface area (Å²) >= 11 is 0.737. The summed E-state index contributed by atoms with van der Waals surface area (Å²) in [7, 11) is 3.81. The molecule has 0 aliphatic carbocycles. The third-order valence-electron chi connectivity index (χ3n) is 23.9. The number of amides is 17. The lowest BCUT2D eigenvalue weighted by Crippen LogP contribution is -2.61. The number of nitrogens with two attached hydrogens (primary N) is 6. The van der Waals surface area contributed by atoms with Gasteiger partial charge in [-0.05, 0) is 99.4 Å². The van der Waals surface area contributed by atoms with Crippen LogP contribution in [0.1, 0.15) is 127 Å². The highest BCUT2D eigenvalue weighted by molar-refractivity contribution is 8.00. The third-order valence-corrected chi connectivity index (χ3v) is 24.9. The van der Waals surface area contributed by atoms with Gasteiger partial charge in [0.1, 0.15) is 84.8 Å². The summed E-state index contributed by atoms with van der Waals surface area (Å²) in [5, 5.41) is 55.8. The minimum Gasteiger partial charge on any atom is -0.508 e. The van der Waals surface area contributed by atoms with E-state index in [1.807, 2.05) is 13.8 Å². The first-order valence-corrected chi connectivity index (χ1v) is 45.3. The molecule has 133 heavy (non-hydrogen) atoms. The van der Waals surface area contributed by atoms with Crippen molar-refractivity contribution in [1.29, 1.82) is 0 Å². The highest BCUT2D eigenvalue weighted by Gasteiger charge is 2.47. The highest BCUT2D eigenvalue weighted by Crippen LogP contribution is 2.30. The fourth-order valence-electron chi connectivity index (χ4n) is 16.5. The number of ketones is 1. The lowest BCUT2D eigenvalue weighted by molar-refractivity contribution is -0.149. The molecule has 15 atom stereocenters. The predicted octanol–water partition coefficient (Wildman–Crippen LogP) is -5.02. The maximum atomic E-state index is 15.9. The summed E-state index contributed by atoms with van der Waals surface area (Å²) in [5.41, 5.74) is 37.5. The molecule has 0 radical (unpaired) electrons. The number of thioether (sulfide) groups is 1. The number of aliphatic carboxylic acids is 1. The molecule has 5 aromatic rings. The number of aromatic amines is 1. The second-order valence-corrected chi connectivity index (χ2v) is 34.6. The van der Waals surface area contributed by atoms with Gasteiger partial charge >= 0.3 is 5.97 Å². The monoisotopic (exact) mass is 1870 g/mol. The number of phenols is 1. The Labute approximate surface area is 771 Å². The summed E-state index contributed by atoms with van der Waals surface area (Å²) in [6.07, 6.45) is -1.08. The van der Waals surface area contributed by atoms with Gasteiger partial charge in [0.15, 0.2) is 5.78 Å². The second kappa shape index (κ2) is 49.9. The zero-order chi connectivity index (χ0) is 97.8. The number of primary amides is 3. The number of hydrogen-bond acceptors (Lipinski definition) is 25. The van der Waals surface area contributed by atoms with Crippen LogP contribution in [0.25, 0.3) is 21.8 Å². The minimum absolute atomic E-state index is 0.0445. The summed E-state index contributed by atoms with van der Waals surface area (Å²) in [6.45, 7) is 1.31. The molecule has 8 rings (SSSR count). The quantitative estimate of drug-likeness (QED) is 0.0246. The SMILES string of the molecule is CCCC[C@H]1C(=O)N(C)[C@@H](CCCC)C(=O)N[C@@H](CN)C(=O)N[C@H](C(=O)NCC(N)=O)CSCC(=O)N[C@@H](Cc2ccc(O)cc2)C(=O)N(C)[C@@H](C)C(=O)N[C@@H](CC(N)=O)C(=O)N2CCC[C@H]2C(=O)N[C@@H](CN)C(=O)N[C@@H](CCC(N)=O)C(=O)N2C[C@H](O)C[C@H]2C(=O)C[C@@H](Cc2c[nH]c3ccccc23)C(=O)N[C@@H](CCN)C(=O)N[C@@H](Cc2cn(CC(=O)O)c3ccccc23)C(=O)N1C. The van der Waals surface area contributed by atoms with Crippen molar-refractivity contribution in [2.45, 2.75) is 221 Å². The number of likely N-dealkylation sites (N-methyl/N-ethyl adjacent to an activating group) is 3. The van der Waals surface area contributed by atoms with Crippen LogP contribution >= 0.6 is 11.8 Å². The first-order valence-electron chi connectivity index (χ1n) is 44.2. The number of nitrogens with zero attached hydrogens (tertiary/aromatic N) is 6. The number of carboxylic acid groups (broad SMARTS) is 1. The van der Waals surface area contributed by atoms with E-state index in [0.717, 1.165) is 36.3 Å². The number of carbonyl (C=O) groups is 19. The van der Waals surface area contributed by atoms with E-state index in [0.29, 0.717) is 64.2 Å². The molecule has 25 N–H and O–H groups in total. The normalized spacial score (nSPS) is 25.0. The Morgan fingerprint density at radius 1 is 0.549 bits per heavy atom. The minimum atomic E-state index is -1.81. The number of fused-ring (bicyclic) bond motifs is 4. The van der Waals surface area contributed by atoms with Crippen LogP contribution in [0.2, 0.25) is 0 Å². The van der Waals surface area contributed by atoms with Gasteiger partial charge < -0.3 is 132 Å². The predicted molar refractivity (Wildman–Crippen MR) is 484 cm³/mol. The molecular formula is C88H124N22O22S. The zero-order valence-corrected chi connectivity index (χ0v) is 76.1. The van der Waals surface area contributed by atoms with E-state index in [1.54, 1.807) is 54.7 Å². The molecule has 0 spiro atoms. The van der Waals surface area contributed by atoms with E-state index in [9.17, 15) is 77.6 Å². The summed E-state index contributed by atoms with van der Waals surface area (Å²) in [4.78, 5) is 281. The molecule has 44 nitrogen and oxygen atoms in total. The van der Waals surface area contributed by atoms with Crippen molar-refractivity contribution in [3.63, 3.8) is 0 Å². The molecule has 3 saturated heterocycles. The largest absolute Gasteiger partial charge is 0.508 e. The molecule has 724 valence electrons.